The van der Waals surface area contributed by atoms with Gasteiger partial charge < -0.3 is 9.47 Å². The van der Waals surface area contributed by atoms with Gasteiger partial charge in [0, 0.05) is 19.8 Å². The molecule has 0 aliphatic carbocycles. The van der Waals surface area contributed by atoms with Gasteiger partial charge in [0.15, 0.2) is 6.29 Å². The minimum absolute atomic E-state index is 0.318. The molecule has 0 aromatic heterocycles. The van der Waals surface area contributed by atoms with Gasteiger partial charge in [-0.3, -0.25) is 0 Å². The molecule has 0 atom stereocenters. The lowest BCUT2D eigenvalue weighted by molar-refractivity contribution is -0.106. The molecule has 2 rings (SSSR count). The number of ether oxygens (including phenoxy) is 2. The minimum Gasteiger partial charge on any atom is -0.352 e. The normalized spacial score (nSPS) is 11.4. The summed E-state index contributed by atoms with van der Waals surface area (Å²) in [5, 5.41) is 0. The average molecular weight is 268 g/mol. The fourth-order valence-electron chi connectivity index (χ4n) is 2.14. The predicted octanol–water partition coefficient (Wildman–Crippen LogP) is 4.46. The van der Waals surface area contributed by atoms with Crippen LogP contribution in [0, 0.1) is 6.92 Å². The van der Waals surface area contributed by atoms with Gasteiger partial charge in [-0.15, -0.1) is 0 Å². The Hall–Kier alpha value is -1.90. The van der Waals surface area contributed by atoms with E-state index in [2.05, 4.69) is 55.5 Å². The van der Waals surface area contributed by atoms with Crippen molar-refractivity contribution < 1.29 is 9.47 Å². The monoisotopic (exact) mass is 268 g/mol. The first-order valence-corrected chi connectivity index (χ1v) is 6.64. The van der Waals surface area contributed by atoms with Gasteiger partial charge >= 0.3 is 0 Å². The molecule has 0 aliphatic heterocycles. The topological polar surface area (TPSA) is 18.5 Å². The summed E-state index contributed by atoms with van der Waals surface area (Å²) in [5.74, 6) is 0. The number of aryl methyl sites for hydroxylation is 1. The second-order valence-electron chi connectivity index (χ2n) is 4.66. The Bertz CT molecular complexity index is 583. The first-order chi connectivity index (χ1) is 9.74. The van der Waals surface area contributed by atoms with Crippen LogP contribution in [-0.2, 0) is 9.47 Å². The van der Waals surface area contributed by atoms with E-state index in [0.717, 1.165) is 11.1 Å². The maximum absolute atomic E-state index is 5.28. The molecule has 20 heavy (non-hydrogen) atoms. The number of methoxy groups -OCH3 is 2. The number of benzene rings is 2. The predicted molar refractivity (Wildman–Crippen MR) is 83.3 cm³/mol. The SMILES string of the molecule is COC(OC)c1cccc(/C=C/c2ccccc2C)c1. The van der Waals surface area contributed by atoms with Gasteiger partial charge in [0.1, 0.15) is 0 Å². The van der Waals surface area contributed by atoms with Crippen LogP contribution in [-0.4, -0.2) is 14.2 Å². The van der Waals surface area contributed by atoms with Gasteiger partial charge in [-0.1, -0.05) is 54.6 Å². The lowest BCUT2D eigenvalue weighted by Gasteiger charge is -2.13. The van der Waals surface area contributed by atoms with Crippen LogP contribution < -0.4 is 0 Å². The molecule has 104 valence electrons. The van der Waals surface area contributed by atoms with Gasteiger partial charge in [-0.05, 0) is 29.7 Å². The maximum Gasteiger partial charge on any atom is 0.183 e. The minimum atomic E-state index is -0.318. The molecule has 0 bridgehead atoms. The molecule has 0 fully saturated rings. The third-order valence-electron chi connectivity index (χ3n) is 3.25. The Morgan fingerprint density at radius 3 is 2.35 bits per heavy atom. The largest absolute Gasteiger partial charge is 0.352 e. The van der Waals surface area contributed by atoms with E-state index in [1.54, 1.807) is 14.2 Å². The molecule has 0 unspecified atom stereocenters. The lowest BCUT2D eigenvalue weighted by Crippen LogP contribution is -2.03. The van der Waals surface area contributed by atoms with Crippen molar-refractivity contribution in [3.63, 3.8) is 0 Å². The number of hydrogen-bond donors (Lipinski definition) is 0. The number of rotatable bonds is 5. The van der Waals surface area contributed by atoms with Crippen LogP contribution in [0.25, 0.3) is 12.2 Å². The van der Waals surface area contributed by atoms with Crippen LogP contribution in [0.2, 0.25) is 0 Å². The molecule has 0 spiro atoms. The Morgan fingerprint density at radius 2 is 1.65 bits per heavy atom. The molecule has 0 aliphatic rings. The fourth-order valence-corrected chi connectivity index (χ4v) is 2.14. The third-order valence-corrected chi connectivity index (χ3v) is 3.25. The number of hydrogen-bond acceptors (Lipinski definition) is 2. The molecule has 0 heterocycles. The molecule has 2 aromatic rings. The maximum atomic E-state index is 5.28. The molecular formula is C18H20O2. The van der Waals surface area contributed by atoms with E-state index in [4.69, 9.17) is 9.47 Å². The molecule has 0 radical (unpaired) electrons. The summed E-state index contributed by atoms with van der Waals surface area (Å²) >= 11 is 0. The molecule has 2 heteroatoms. The van der Waals surface area contributed by atoms with E-state index in [-0.39, 0.29) is 6.29 Å². The molecule has 0 saturated carbocycles. The Morgan fingerprint density at radius 1 is 0.900 bits per heavy atom. The Labute approximate surface area is 120 Å². The van der Waals surface area contributed by atoms with Crippen molar-refractivity contribution in [2.75, 3.05) is 14.2 Å². The summed E-state index contributed by atoms with van der Waals surface area (Å²) in [6.45, 7) is 2.11. The average Bonchev–Trinajstić information content (AvgIpc) is 2.48. The van der Waals surface area contributed by atoms with E-state index in [9.17, 15) is 0 Å². The Kier molecular flexibility index (Phi) is 5.10. The zero-order valence-electron chi connectivity index (χ0n) is 12.2. The van der Waals surface area contributed by atoms with Crippen LogP contribution in [0.4, 0.5) is 0 Å². The van der Waals surface area contributed by atoms with Crippen LogP contribution >= 0.6 is 0 Å². The highest BCUT2D eigenvalue weighted by molar-refractivity contribution is 5.71. The van der Waals surface area contributed by atoms with Gasteiger partial charge in [0.2, 0.25) is 0 Å². The molecule has 2 aromatic carbocycles. The van der Waals surface area contributed by atoms with E-state index in [1.807, 2.05) is 12.1 Å². The first kappa shape index (κ1) is 14.5. The highest BCUT2D eigenvalue weighted by atomic mass is 16.7. The van der Waals surface area contributed by atoms with E-state index in [0.29, 0.717) is 0 Å². The van der Waals surface area contributed by atoms with Crippen molar-refractivity contribution in [3.05, 3.63) is 70.8 Å². The standard InChI is InChI=1S/C18H20O2/c1-14-7-4-5-9-16(14)12-11-15-8-6-10-17(13-15)18(19-2)20-3/h4-13,18H,1-3H3/b12-11+. The van der Waals surface area contributed by atoms with Crippen LogP contribution in [0.3, 0.4) is 0 Å². The molecule has 0 saturated heterocycles. The van der Waals surface area contributed by atoms with Gasteiger partial charge in [0.05, 0.1) is 0 Å². The lowest BCUT2D eigenvalue weighted by atomic mass is 10.1. The van der Waals surface area contributed by atoms with E-state index >= 15 is 0 Å². The highest BCUT2D eigenvalue weighted by Gasteiger charge is 2.07. The highest BCUT2D eigenvalue weighted by Crippen LogP contribution is 2.20. The van der Waals surface area contributed by atoms with Crippen molar-refractivity contribution in [2.45, 2.75) is 13.2 Å². The van der Waals surface area contributed by atoms with Crippen molar-refractivity contribution in [2.24, 2.45) is 0 Å². The van der Waals surface area contributed by atoms with E-state index < -0.39 is 0 Å². The molecule has 2 nitrogen and oxygen atoms in total. The summed E-state index contributed by atoms with van der Waals surface area (Å²) < 4.78 is 10.6. The summed E-state index contributed by atoms with van der Waals surface area (Å²) in [4.78, 5) is 0. The zero-order valence-corrected chi connectivity index (χ0v) is 12.2. The van der Waals surface area contributed by atoms with E-state index in [1.165, 1.54) is 11.1 Å². The zero-order chi connectivity index (χ0) is 14.4. The van der Waals surface area contributed by atoms with Crippen molar-refractivity contribution >= 4 is 12.2 Å². The second-order valence-corrected chi connectivity index (χ2v) is 4.66. The van der Waals surface area contributed by atoms with Crippen molar-refractivity contribution in [1.29, 1.82) is 0 Å². The second kappa shape index (κ2) is 7.04. The summed E-state index contributed by atoms with van der Waals surface area (Å²) in [5.41, 5.74) is 4.64. The van der Waals surface area contributed by atoms with Crippen LogP contribution in [0.15, 0.2) is 48.5 Å². The Balaban J connectivity index is 2.22. The third kappa shape index (κ3) is 3.56. The van der Waals surface area contributed by atoms with Crippen molar-refractivity contribution in [3.8, 4) is 0 Å². The van der Waals surface area contributed by atoms with Crippen LogP contribution in [0.1, 0.15) is 28.5 Å². The van der Waals surface area contributed by atoms with Gasteiger partial charge in [-0.25, -0.2) is 0 Å². The van der Waals surface area contributed by atoms with Gasteiger partial charge in [-0.2, -0.15) is 0 Å². The smallest absolute Gasteiger partial charge is 0.183 e. The van der Waals surface area contributed by atoms with Gasteiger partial charge in [0.25, 0.3) is 0 Å². The molecule has 0 amide bonds. The quantitative estimate of drug-likeness (QED) is 0.589. The van der Waals surface area contributed by atoms with Crippen LogP contribution in [0.5, 0.6) is 0 Å². The molecule has 0 N–H and O–H groups in total. The summed E-state index contributed by atoms with van der Waals surface area (Å²) in [6, 6.07) is 16.5. The first-order valence-electron chi connectivity index (χ1n) is 6.64. The van der Waals surface area contributed by atoms with Crippen molar-refractivity contribution in [1.82, 2.24) is 0 Å². The molecular weight excluding hydrogens is 248 g/mol. The summed E-state index contributed by atoms with van der Waals surface area (Å²) in [6.07, 6.45) is 3.92. The fraction of sp³-hybridized carbons (Fsp3) is 0.222. The summed E-state index contributed by atoms with van der Waals surface area (Å²) in [7, 11) is 3.29.